The van der Waals surface area contributed by atoms with Crippen molar-refractivity contribution in [3.63, 3.8) is 0 Å². The van der Waals surface area contributed by atoms with E-state index in [1.165, 1.54) is 22.7 Å². The van der Waals surface area contributed by atoms with Gasteiger partial charge in [-0.05, 0) is 54.5 Å². The van der Waals surface area contributed by atoms with Gasteiger partial charge in [-0.3, -0.25) is 4.79 Å². The highest BCUT2D eigenvalue weighted by Crippen LogP contribution is 2.47. The minimum Gasteiger partial charge on any atom is -0.355 e. The lowest BCUT2D eigenvalue weighted by Crippen LogP contribution is -2.53. The number of pyridine rings is 1. The lowest BCUT2D eigenvalue weighted by Gasteiger charge is -2.47. The lowest BCUT2D eigenvalue weighted by atomic mass is 9.88. The van der Waals surface area contributed by atoms with Crippen LogP contribution in [-0.2, 0) is 5.54 Å². The van der Waals surface area contributed by atoms with Crippen LogP contribution in [0.2, 0.25) is 0 Å². The van der Waals surface area contributed by atoms with Gasteiger partial charge in [0.15, 0.2) is 5.82 Å². The van der Waals surface area contributed by atoms with Crippen molar-refractivity contribution in [3.05, 3.63) is 64.7 Å². The van der Waals surface area contributed by atoms with Crippen molar-refractivity contribution >= 4 is 22.9 Å². The molecule has 0 bridgehead atoms. The molecule has 150 valence electrons. The molecule has 5 rings (SSSR count). The number of hydrogen-bond donors (Lipinski definition) is 0. The van der Waals surface area contributed by atoms with Crippen molar-refractivity contribution in [1.82, 2.24) is 14.5 Å². The lowest BCUT2D eigenvalue weighted by molar-refractivity contribution is 0.0786. The zero-order chi connectivity index (χ0) is 20.0. The third kappa shape index (κ3) is 2.89. The normalized spacial score (nSPS) is 20.4. The third-order valence-corrected chi connectivity index (χ3v) is 7.08. The van der Waals surface area contributed by atoms with E-state index >= 15 is 0 Å². The molecule has 0 aliphatic carbocycles. The molecule has 5 nitrogen and oxygen atoms in total. The molecule has 2 aliphatic rings. The van der Waals surface area contributed by atoms with Crippen LogP contribution < -0.4 is 4.90 Å². The first kappa shape index (κ1) is 18.4. The molecule has 0 saturated carbocycles. The van der Waals surface area contributed by atoms with Crippen LogP contribution >= 0.6 is 11.3 Å². The van der Waals surface area contributed by atoms with Crippen molar-refractivity contribution in [2.24, 2.45) is 5.92 Å². The highest BCUT2D eigenvalue weighted by Gasteiger charge is 2.50. The number of likely N-dealkylation sites (tertiary alicyclic amines) is 1. The number of carbonyl (C=O) groups excluding carboxylic acids is 1. The third-order valence-electron chi connectivity index (χ3n) is 6.22. The standard InChI is InChI=1S/C23H26N4OS/c1-17(2)9-13-27-18-6-3-11-24-21(18)26-12-4-8-20(26)23(27)10-14-25(16-23)22(28)19-7-5-15-29-19/h3-8,11-12,15,17H,9-10,13-14,16H2,1-2H3/t23-/m0/s1. The first-order valence-corrected chi connectivity index (χ1v) is 11.2. The maximum absolute atomic E-state index is 13.1. The monoisotopic (exact) mass is 406 g/mol. The van der Waals surface area contributed by atoms with E-state index in [9.17, 15) is 4.79 Å². The summed E-state index contributed by atoms with van der Waals surface area (Å²) in [7, 11) is 0. The Labute approximate surface area is 175 Å². The molecule has 1 saturated heterocycles. The molecule has 2 aliphatic heterocycles. The van der Waals surface area contributed by atoms with Crippen molar-refractivity contribution < 1.29 is 4.79 Å². The largest absolute Gasteiger partial charge is 0.355 e. The number of anilines is 1. The van der Waals surface area contributed by atoms with Gasteiger partial charge in [-0.1, -0.05) is 19.9 Å². The van der Waals surface area contributed by atoms with Crippen LogP contribution in [0.3, 0.4) is 0 Å². The first-order valence-electron chi connectivity index (χ1n) is 10.3. The molecular weight excluding hydrogens is 380 g/mol. The molecule has 1 spiro atoms. The summed E-state index contributed by atoms with van der Waals surface area (Å²) >= 11 is 1.52. The number of thiophene rings is 1. The number of hydrogen-bond acceptors (Lipinski definition) is 4. The van der Waals surface area contributed by atoms with E-state index < -0.39 is 0 Å². The highest BCUT2D eigenvalue weighted by molar-refractivity contribution is 7.12. The number of amides is 1. The molecule has 3 aromatic rings. The molecule has 1 fully saturated rings. The van der Waals surface area contributed by atoms with E-state index in [-0.39, 0.29) is 11.4 Å². The second-order valence-electron chi connectivity index (χ2n) is 8.43. The van der Waals surface area contributed by atoms with Crippen LogP contribution in [-0.4, -0.2) is 40.0 Å². The van der Waals surface area contributed by atoms with E-state index in [4.69, 9.17) is 4.98 Å². The van der Waals surface area contributed by atoms with Crippen molar-refractivity contribution in [3.8, 4) is 5.82 Å². The van der Waals surface area contributed by atoms with Crippen molar-refractivity contribution in [1.29, 1.82) is 0 Å². The molecule has 1 amide bonds. The fourth-order valence-corrected chi connectivity index (χ4v) is 5.46. The van der Waals surface area contributed by atoms with Crippen LogP contribution in [0, 0.1) is 5.92 Å². The molecule has 0 radical (unpaired) electrons. The summed E-state index contributed by atoms with van der Waals surface area (Å²) < 4.78 is 2.22. The van der Waals surface area contributed by atoms with Gasteiger partial charge in [-0.2, -0.15) is 0 Å². The van der Waals surface area contributed by atoms with Crippen molar-refractivity contribution in [2.75, 3.05) is 24.5 Å². The predicted molar refractivity (Wildman–Crippen MR) is 117 cm³/mol. The summed E-state index contributed by atoms with van der Waals surface area (Å²) in [6.45, 7) is 6.98. The average Bonchev–Trinajstić information content (AvgIpc) is 3.47. The Morgan fingerprint density at radius 1 is 1.24 bits per heavy atom. The van der Waals surface area contributed by atoms with Crippen LogP contribution in [0.1, 0.15) is 42.1 Å². The molecular formula is C23H26N4OS. The van der Waals surface area contributed by atoms with Crippen LogP contribution in [0.25, 0.3) is 5.82 Å². The summed E-state index contributed by atoms with van der Waals surface area (Å²) in [6, 6.07) is 12.4. The predicted octanol–water partition coefficient (Wildman–Crippen LogP) is 4.54. The van der Waals surface area contributed by atoms with Gasteiger partial charge in [0.2, 0.25) is 0 Å². The summed E-state index contributed by atoms with van der Waals surface area (Å²) in [5.74, 6) is 1.76. The Kier molecular flexibility index (Phi) is 4.46. The van der Waals surface area contributed by atoms with Crippen molar-refractivity contribution in [2.45, 2.75) is 32.2 Å². The fraction of sp³-hybridized carbons (Fsp3) is 0.391. The second-order valence-corrected chi connectivity index (χ2v) is 9.38. The maximum Gasteiger partial charge on any atom is 0.264 e. The number of fused-ring (bicyclic) bond motifs is 4. The fourth-order valence-electron chi connectivity index (χ4n) is 4.77. The van der Waals surface area contributed by atoms with Crippen LogP contribution in [0.4, 0.5) is 5.69 Å². The molecule has 0 unspecified atom stereocenters. The van der Waals surface area contributed by atoms with E-state index in [1.54, 1.807) is 0 Å². The van der Waals surface area contributed by atoms with E-state index in [0.717, 1.165) is 36.6 Å². The molecule has 0 N–H and O–H groups in total. The summed E-state index contributed by atoms with van der Waals surface area (Å²) in [4.78, 5) is 23.2. The molecule has 6 heteroatoms. The highest BCUT2D eigenvalue weighted by atomic mass is 32.1. The Morgan fingerprint density at radius 2 is 2.14 bits per heavy atom. The van der Waals surface area contributed by atoms with E-state index in [0.29, 0.717) is 12.5 Å². The Balaban J connectivity index is 1.58. The molecule has 0 aromatic carbocycles. The Morgan fingerprint density at radius 3 is 2.93 bits per heavy atom. The number of nitrogens with zero attached hydrogens (tertiary/aromatic N) is 4. The topological polar surface area (TPSA) is 41.4 Å². The molecule has 29 heavy (non-hydrogen) atoms. The minimum atomic E-state index is -0.207. The number of rotatable bonds is 4. The van der Waals surface area contributed by atoms with Gasteiger partial charge >= 0.3 is 0 Å². The molecule has 1 atom stereocenters. The van der Waals surface area contributed by atoms with Gasteiger partial charge in [0.05, 0.1) is 16.3 Å². The number of carbonyl (C=O) groups is 1. The Bertz CT molecular complexity index is 1030. The first-order chi connectivity index (χ1) is 14.1. The maximum atomic E-state index is 13.1. The summed E-state index contributed by atoms with van der Waals surface area (Å²) in [6.07, 6.45) is 6.01. The quantitative estimate of drug-likeness (QED) is 0.639. The summed E-state index contributed by atoms with van der Waals surface area (Å²) in [5, 5.41) is 1.97. The van der Waals surface area contributed by atoms with Crippen LogP contribution in [0.5, 0.6) is 0 Å². The average molecular weight is 407 g/mol. The van der Waals surface area contributed by atoms with Gasteiger partial charge in [-0.25, -0.2) is 4.98 Å². The number of aromatic nitrogens is 2. The zero-order valence-electron chi connectivity index (χ0n) is 16.9. The van der Waals surface area contributed by atoms with Gasteiger partial charge in [-0.15, -0.1) is 11.3 Å². The Hall–Kier alpha value is -2.60. The molecule has 5 heterocycles. The second kappa shape index (κ2) is 7.02. The van der Waals surface area contributed by atoms with Gasteiger partial charge in [0.25, 0.3) is 5.91 Å². The summed E-state index contributed by atoms with van der Waals surface area (Å²) in [5.41, 5.74) is 2.21. The van der Waals surface area contributed by atoms with Gasteiger partial charge in [0.1, 0.15) is 5.54 Å². The van der Waals surface area contributed by atoms with Gasteiger partial charge in [0, 0.05) is 32.0 Å². The van der Waals surface area contributed by atoms with Crippen LogP contribution in [0.15, 0.2) is 54.2 Å². The smallest absolute Gasteiger partial charge is 0.264 e. The SMILES string of the molecule is CC(C)CCN1c2cccnc2-n2cccc2[C@@]12CCN(C(=O)c1cccs1)C2. The van der Waals surface area contributed by atoms with Gasteiger partial charge < -0.3 is 14.4 Å². The van der Waals surface area contributed by atoms with E-state index in [1.807, 2.05) is 34.7 Å². The minimum absolute atomic E-state index is 0.149. The zero-order valence-corrected chi connectivity index (χ0v) is 17.7. The molecule has 3 aromatic heterocycles. The van der Waals surface area contributed by atoms with E-state index in [2.05, 4.69) is 47.7 Å².